The Bertz CT molecular complexity index is 2610. The number of benzene rings is 4. The number of carbonyl (C=O) groups is 5. The fourth-order valence-corrected chi connectivity index (χ4v) is 9.66. The quantitative estimate of drug-likeness (QED) is 0.117. The number of hydrogen-bond acceptors (Lipinski definition) is 8. The van der Waals surface area contributed by atoms with Gasteiger partial charge in [0.2, 0.25) is 29.5 Å². The van der Waals surface area contributed by atoms with Gasteiger partial charge in [0.1, 0.15) is 23.3 Å². The molecule has 364 valence electrons. The molecule has 69 heavy (non-hydrogen) atoms. The molecule has 8 rings (SSSR count). The maximum atomic E-state index is 14.1. The van der Waals surface area contributed by atoms with Crippen molar-refractivity contribution in [1.29, 1.82) is 0 Å². The van der Waals surface area contributed by atoms with E-state index in [2.05, 4.69) is 25.8 Å². The van der Waals surface area contributed by atoms with Crippen LogP contribution in [-0.4, -0.2) is 131 Å². The van der Waals surface area contributed by atoms with Crippen molar-refractivity contribution in [2.24, 2.45) is 0 Å². The molecule has 0 radical (unpaired) electrons. The fraction of sp³-hybridized carbons (Fsp3) is 0.340. The molecule has 19 heteroatoms. The van der Waals surface area contributed by atoms with Gasteiger partial charge in [-0.15, -0.1) is 0 Å². The Morgan fingerprint density at radius 2 is 0.957 bits per heavy atom. The van der Waals surface area contributed by atoms with Gasteiger partial charge >= 0.3 is 0 Å². The average Bonchev–Trinajstić information content (AvgIpc) is 3.28. The number of piperazine rings is 4. The number of nitrogens with zero attached hydrogens (tertiary/aromatic N) is 5. The van der Waals surface area contributed by atoms with Crippen molar-refractivity contribution in [3.05, 3.63) is 141 Å². The predicted octanol–water partition coefficient (Wildman–Crippen LogP) is 6.81. The second-order valence-electron chi connectivity index (χ2n) is 17.6. The first-order valence-corrected chi connectivity index (χ1v) is 23.1. The molecule has 0 saturated carbocycles. The first kappa shape index (κ1) is 50.8. The molecule has 4 bridgehead atoms. The molecule has 5 amide bonds. The molecule has 4 aromatic rings. The average molecular weight is 992 g/mol. The Hall–Kier alpha value is -6.11. The van der Waals surface area contributed by atoms with E-state index in [0.29, 0.717) is 87.9 Å². The van der Waals surface area contributed by atoms with Crippen LogP contribution in [0.1, 0.15) is 43.0 Å². The summed E-state index contributed by atoms with van der Waals surface area (Å²) in [6.45, 7) is 10.1. The maximum Gasteiger partial charge on any atom is 0.247 e. The molecule has 4 saturated heterocycles. The lowest BCUT2D eigenvalue weighted by Gasteiger charge is -2.52. The summed E-state index contributed by atoms with van der Waals surface area (Å²) in [6, 6.07) is 17.3. The lowest BCUT2D eigenvalue weighted by atomic mass is 9.98. The Labute approximate surface area is 407 Å². The Morgan fingerprint density at radius 3 is 1.33 bits per heavy atom. The van der Waals surface area contributed by atoms with Crippen LogP contribution in [0.3, 0.4) is 0 Å². The second-order valence-corrected chi connectivity index (χ2v) is 18.4. The SMILES string of the molecule is CC(=O)Nc1cc(Cl)c(F)cc1/C=C/C(=O)N1C2CN(Cc3ccc(F)cc3)CC1CN(C(C)=O)C2.CC(=O)Nc1cc(Cl)c(F)cc1/C=C/C(=O)N1C2CNCC1CN(Cc1ccc(F)cc1)C2. The fourth-order valence-electron chi connectivity index (χ4n) is 9.33. The summed E-state index contributed by atoms with van der Waals surface area (Å²) in [6.07, 6.45) is 5.72. The van der Waals surface area contributed by atoms with Gasteiger partial charge in [0.25, 0.3) is 0 Å². The first-order valence-electron chi connectivity index (χ1n) is 22.3. The highest BCUT2D eigenvalue weighted by molar-refractivity contribution is 6.31. The van der Waals surface area contributed by atoms with Gasteiger partial charge in [-0.3, -0.25) is 33.8 Å². The van der Waals surface area contributed by atoms with Crippen molar-refractivity contribution >= 4 is 76.3 Å². The number of hydrogen-bond donors (Lipinski definition) is 3. The van der Waals surface area contributed by atoms with Gasteiger partial charge in [0, 0.05) is 121 Å². The van der Waals surface area contributed by atoms with Crippen LogP contribution in [0.2, 0.25) is 10.0 Å². The summed E-state index contributed by atoms with van der Waals surface area (Å²) in [5.41, 5.74) is 3.30. The predicted molar refractivity (Wildman–Crippen MR) is 257 cm³/mol. The first-order chi connectivity index (χ1) is 32.9. The van der Waals surface area contributed by atoms with Crippen LogP contribution >= 0.6 is 23.2 Å². The largest absolute Gasteiger partial charge is 0.339 e. The van der Waals surface area contributed by atoms with Gasteiger partial charge in [-0.1, -0.05) is 47.5 Å². The maximum absolute atomic E-state index is 14.1. The third-order valence-electron chi connectivity index (χ3n) is 12.3. The molecule has 13 nitrogen and oxygen atoms in total. The highest BCUT2D eigenvalue weighted by atomic mass is 35.5. The van der Waals surface area contributed by atoms with Crippen LogP contribution in [0.5, 0.6) is 0 Å². The highest BCUT2D eigenvalue weighted by Gasteiger charge is 2.43. The van der Waals surface area contributed by atoms with Gasteiger partial charge in [-0.2, -0.15) is 0 Å². The van der Waals surface area contributed by atoms with E-state index in [0.717, 1.165) is 17.2 Å². The summed E-state index contributed by atoms with van der Waals surface area (Å²) >= 11 is 11.7. The minimum Gasteiger partial charge on any atom is -0.339 e. The number of amides is 5. The highest BCUT2D eigenvalue weighted by Crippen LogP contribution is 2.30. The van der Waals surface area contributed by atoms with Gasteiger partial charge in [0.05, 0.1) is 34.2 Å². The number of rotatable bonds is 10. The number of anilines is 2. The summed E-state index contributed by atoms with van der Waals surface area (Å²) in [4.78, 5) is 71.4. The van der Waals surface area contributed by atoms with E-state index in [9.17, 15) is 41.5 Å². The number of fused-ring (bicyclic) bond motifs is 4. The van der Waals surface area contributed by atoms with Gasteiger partial charge in [-0.05, 0) is 71.8 Å². The normalized spacial score (nSPS) is 20.4. The molecular formula is C50H52Cl2F4N8O5. The number of carbonyl (C=O) groups excluding carboxylic acids is 5. The molecule has 4 unspecified atom stereocenters. The molecule has 0 aliphatic carbocycles. The third kappa shape index (κ3) is 13.2. The van der Waals surface area contributed by atoms with E-state index in [1.165, 1.54) is 87.5 Å². The van der Waals surface area contributed by atoms with E-state index < -0.39 is 11.6 Å². The Balaban J connectivity index is 0.000000205. The number of nitrogens with one attached hydrogen (secondary N) is 3. The van der Waals surface area contributed by atoms with Crippen molar-refractivity contribution in [1.82, 2.24) is 29.8 Å². The summed E-state index contributed by atoms with van der Waals surface area (Å²) < 4.78 is 54.6. The van der Waals surface area contributed by atoms with E-state index >= 15 is 0 Å². The van der Waals surface area contributed by atoms with Crippen molar-refractivity contribution in [2.45, 2.75) is 58.0 Å². The molecular weight excluding hydrogens is 939 g/mol. The van der Waals surface area contributed by atoms with E-state index in [-0.39, 0.29) is 75.4 Å². The molecule has 0 spiro atoms. The van der Waals surface area contributed by atoms with Crippen LogP contribution in [0.15, 0.2) is 84.9 Å². The zero-order valence-corrected chi connectivity index (χ0v) is 39.7. The van der Waals surface area contributed by atoms with Gasteiger partial charge in [-0.25, -0.2) is 17.6 Å². The lowest BCUT2D eigenvalue weighted by molar-refractivity contribution is -0.149. The second kappa shape index (κ2) is 22.5. The standard InChI is InChI=1S/C26H27ClF2N4O3.C24H25ClF2N4O2/c1-16(34)30-25-10-23(27)24(29)9-19(25)5-8-26(36)33-21-12-31(11-18-3-6-20(28)7-4-18)13-22(33)15-32(14-21)17(2)35;1-15(32)29-23-9-21(25)22(27)8-17(23)4-7-24(33)31-19-10-28-11-20(31)14-30(13-19)12-16-2-5-18(26)6-3-16/h3-10,21-22H,11-15H2,1-2H3,(H,30,34);2-9,19-20,28H,10-14H2,1H3,(H,29,32)/b8-5+;7-4+. The van der Waals surface area contributed by atoms with Crippen LogP contribution in [0.4, 0.5) is 28.9 Å². The van der Waals surface area contributed by atoms with Crippen LogP contribution in [-0.2, 0) is 37.1 Å². The van der Waals surface area contributed by atoms with E-state index in [1.807, 2.05) is 4.90 Å². The van der Waals surface area contributed by atoms with Crippen molar-refractivity contribution < 1.29 is 41.5 Å². The van der Waals surface area contributed by atoms with Crippen molar-refractivity contribution in [2.75, 3.05) is 63.0 Å². The van der Waals surface area contributed by atoms with E-state index in [4.69, 9.17) is 23.2 Å². The molecule has 4 heterocycles. The lowest BCUT2D eigenvalue weighted by Crippen LogP contribution is -2.69. The van der Waals surface area contributed by atoms with Gasteiger partial charge in [0.15, 0.2) is 0 Å². The molecule has 4 fully saturated rings. The van der Waals surface area contributed by atoms with Crippen LogP contribution in [0.25, 0.3) is 12.2 Å². The van der Waals surface area contributed by atoms with Crippen LogP contribution < -0.4 is 16.0 Å². The monoisotopic (exact) mass is 990 g/mol. The molecule has 3 N–H and O–H groups in total. The molecule has 4 atom stereocenters. The van der Waals surface area contributed by atoms with Gasteiger partial charge < -0.3 is 30.7 Å². The summed E-state index contributed by atoms with van der Waals surface area (Å²) in [5, 5.41) is 8.33. The summed E-state index contributed by atoms with van der Waals surface area (Å²) in [7, 11) is 0. The minimum absolute atomic E-state index is 0.0214. The van der Waals surface area contributed by atoms with E-state index in [1.54, 1.807) is 34.1 Å². The Kier molecular flexibility index (Phi) is 16.6. The summed E-state index contributed by atoms with van der Waals surface area (Å²) in [5.74, 6) is -3.01. The molecule has 0 aromatic heterocycles. The topological polar surface area (TPSA) is 138 Å². The van der Waals surface area contributed by atoms with Crippen molar-refractivity contribution in [3.8, 4) is 0 Å². The molecule has 4 aliphatic heterocycles. The van der Waals surface area contributed by atoms with Crippen LogP contribution in [0, 0.1) is 23.3 Å². The molecule has 4 aromatic carbocycles. The number of halogens is 6. The van der Waals surface area contributed by atoms with Crippen molar-refractivity contribution in [3.63, 3.8) is 0 Å². The molecule has 4 aliphatic rings. The zero-order valence-electron chi connectivity index (χ0n) is 38.2. The smallest absolute Gasteiger partial charge is 0.247 e. The Morgan fingerprint density at radius 1 is 0.580 bits per heavy atom. The third-order valence-corrected chi connectivity index (χ3v) is 12.9. The minimum atomic E-state index is -0.666. The zero-order chi connectivity index (χ0) is 49.5.